The van der Waals surface area contributed by atoms with Gasteiger partial charge in [0, 0.05) is 29.1 Å². The number of hydrogen-bond acceptors (Lipinski definition) is 7. The quantitative estimate of drug-likeness (QED) is 0.276. The molecule has 0 aliphatic heterocycles. The maximum absolute atomic E-state index is 13.1. The van der Waals surface area contributed by atoms with Gasteiger partial charge in [-0.2, -0.15) is 5.10 Å². The van der Waals surface area contributed by atoms with Crippen molar-refractivity contribution in [3.05, 3.63) is 98.7 Å². The van der Waals surface area contributed by atoms with Crippen LogP contribution >= 0.6 is 0 Å². The molecule has 1 heterocycles. The average molecular weight is 546 g/mol. The zero-order valence-corrected chi connectivity index (χ0v) is 21.8. The van der Waals surface area contributed by atoms with Gasteiger partial charge in [-0.3, -0.25) is 19.7 Å². The van der Waals surface area contributed by atoms with Gasteiger partial charge in [0.15, 0.2) is 15.5 Å². The number of aryl methyl sites for hydroxylation is 2. The average Bonchev–Trinajstić information content (AvgIpc) is 3.28. The van der Waals surface area contributed by atoms with Crippen molar-refractivity contribution in [1.82, 2.24) is 9.78 Å². The summed E-state index contributed by atoms with van der Waals surface area (Å²) in [5.74, 6) is -1.33. The number of benzene rings is 3. The number of carbonyl (C=O) groups excluding carboxylic acids is 2. The molecule has 0 atom stereocenters. The Morgan fingerprint density at radius 2 is 1.77 bits per heavy atom. The van der Waals surface area contributed by atoms with Gasteiger partial charge >= 0.3 is 0 Å². The van der Waals surface area contributed by atoms with Crippen molar-refractivity contribution in [1.29, 1.82) is 0 Å². The molecule has 0 saturated heterocycles. The molecule has 0 fully saturated rings. The van der Waals surface area contributed by atoms with E-state index in [1.54, 1.807) is 37.3 Å². The van der Waals surface area contributed by atoms with Gasteiger partial charge in [0.05, 0.1) is 21.2 Å². The fraction of sp³-hybridized carbons (Fsp3) is 0.148. The number of aromatic nitrogens is 2. The number of amides is 2. The number of sulfone groups is 1. The lowest BCUT2D eigenvalue weighted by molar-refractivity contribution is -0.385. The van der Waals surface area contributed by atoms with E-state index in [4.69, 9.17) is 5.73 Å². The zero-order chi connectivity index (χ0) is 28.1. The fourth-order valence-corrected chi connectivity index (χ4v) is 5.36. The Bertz CT molecular complexity index is 1790. The maximum Gasteiger partial charge on any atom is 0.282 e. The van der Waals surface area contributed by atoms with Crippen LogP contribution in [0.1, 0.15) is 37.5 Å². The largest absolute Gasteiger partial charge is 0.364 e. The Labute approximate surface area is 223 Å². The molecular weight excluding hydrogens is 522 g/mol. The summed E-state index contributed by atoms with van der Waals surface area (Å²) in [6, 6.07) is 15.7. The molecule has 0 unspecified atom stereocenters. The monoisotopic (exact) mass is 545 g/mol. The number of nitrogens with one attached hydrogen (secondary N) is 1. The third-order valence-electron chi connectivity index (χ3n) is 6.59. The first-order valence-electron chi connectivity index (χ1n) is 11.9. The Hall–Kier alpha value is -4.84. The minimum atomic E-state index is -3.41. The van der Waals surface area contributed by atoms with Crippen LogP contribution in [0.4, 0.5) is 11.4 Å². The highest BCUT2D eigenvalue weighted by atomic mass is 32.2. The number of anilines is 1. The predicted octanol–water partition coefficient (Wildman–Crippen LogP) is 3.61. The number of hydrogen-bond donors (Lipinski definition) is 2. The number of carbonyl (C=O) groups is 2. The number of nitro benzene ring substituents is 1. The van der Waals surface area contributed by atoms with Crippen molar-refractivity contribution < 1.29 is 22.9 Å². The van der Waals surface area contributed by atoms with E-state index in [9.17, 15) is 28.1 Å². The van der Waals surface area contributed by atoms with E-state index in [1.165, 1.54) is 28.9 Å². The summed E-state index contributed by atoms with van der Waals surface area (Å²) in [6.07, 6.45) is 2.21. The maximum atomic E-state index is 13.1. The molecule has 1 aromatic heterocycles. The van der Waals surface area contributed by atoms with Crippen LogP contribution < -0.4 is 11.1 Å². The van der Waals surface area contributed by atoms with Crippen LogP contribution in [0.25, 0.3) is 16.9 Å². The normalized spacial score (nSPS) is 12.4. The molecule has 0 radical (unpaired) electrons. The summed E-state index contributed by atoms with van der Waals surface area (Å²) in [5, 5.41) is 18.7. The highest BCUT2D eigenvalue weighted by Gasteiger charge is 2.29. The van der Waals surface area contributed by atoms with Crippen molar-refractivity contribution in [3.8, 4) is 16.9 Å². The number of nitrogens with two attached hydrogens (primary N) is 1. The van der Waals surface area contributed by atoms with E-state index in [2.05, 4.69) is 10.4 Å². The Kier molecular flexibility index (Phi) is 6.27. The number of fused-ring (bicyclic) bond motifs is 3. The minimum absolute atomic E-state index is 0.0644. The smallest absolute Gasteiger partial charge is 0.282 e. The molecule has 2 amide bonds. The van der Waals surface area contributed by atoms with Gasteiger partial charge in [0.25, 0.3) is 17.5 Å². The van der Waals surface area contributed by atoms with Gasteiger partial charge in [-0.25, -0.2) is 13.1 Å². The van der Waals surface area contributed by atoms with Crippen LogP contribution in [-0.4, -0.2) is 41.2 Å². The number of rotatable bonds is 6. The first-order valence-corrected chi connectivity index (χ1v) is 13.7. The van der Waals surface area contributed by atoms with E-state index < -0.39 is 26.6 Å². The lowest BCUT2D eigenvalue weighted by atomic mass is 9.88. The lowest BCUT2D eigenvalue weighted by Gasteiger charge is -2.20. The van der Waals surface area contributed by atoms with Crippen molar-refractivity contribution in [2.75, 3.05) is 11.6 Å². The molecule has 198 valence electrons. The Balaban J connectivity index is 1.60. The van der Waals surface area contributed by atoms with Crippen LogP contribution in [0.2, 0.25) is 0 Å². The van der Waals surface area contributed by atoms with Gasteiger partial charge in [-0.15, -0.1) is 0 Å². The molecule has 12 heteroatoms. The van der Waals surface area contributed by atoms with Gasteiger partial charge < -0.3 is 11.1 Å². The lowest BCUT2D eigenvalue weighted by Crippen LogP contribution is -2.16. The molecule has 39 heavy (non-hydrogen) atoms. The second kappa shape index (κ2) is 9.48. The van der Waals surface area contributed by atoms with Crippen LogP contribution in [0, 0.1) is 17.0 Å². The number of primary amides is 1. The fourth-order valence-electron chi connectivity index (χ4n) is 4.72. The van der Waals surface area contributed by atoms with E-state index >= 15 is 0 Å². The summed E-state index contributed by atoms with van der Waals surface area (Å²) in [5.41, 5.74) is 9.84. The molecule has 0 saturated carbocycles. The summed E-state index contributed by atoms with van der Waals surface area (Å²) in [4.78, 5) is 36.3. The van der Waals surface area contributed by atoms with E-state index in [-0.39, 0.29) is 21.8 Å². The highest BCUT2D eigenvalue weighted by Crippen LogP contribution is 2.38. The second-order valence-electron chi connectivity index (χ2n) is 9.32. The molecule has 3 N–H and O–H groups in total. The third-order valence-corrected chi connectivity index (χ3v) is 7.72. The SMILES string of the molecule is Cc1ccc([N+](=O)[O-])c(C(=O)Nc2ccc3c(c2)-c2c(c(C(N)=O)nn2-c2ccc(S(C)(=O)=O)cc2)CC3)c1. The molecule has 1 aliphatic carbocycles. The van der Waals surface area contributed by atoms with E-state index in [0.717, 1.165) is 11.8 Å². The molecule has 11 nitrogen and oxygen atoms in total. The first kappa shape index (κ1) is 25.8. The second-order valence-corrected chi connectivity index (χ2v) is 11.3. The van der Waals surface area contributed by atoms with E-state index in [1.807, 2.05) is 6.07 Å². The molecule has 5 rings (SSSR count). The zero-order valence-electron chi connectivity index (χ0n) is 21.0. The minimum Gasteiger partial charge on any atom is -0.364 e. The van der Waals surface area contributed by atoms with Crippen LogP contribution in [0.15, 0.2) is 65.6 Å². The third kappa shape index (κ3) is 4.77. The molecule has 3 aromatic carbocycles. The number of nitrogens with zero attached hydrogens (tertiary/aromatic N) is 3. The Morgan fingerprint density at radius 3 is 2.41 bits per heavy atom. The van der Waals surface area contributed by atoms with Gasteiger partial charge in [-0.1, -0.05) is 12.1 Å². The van der Waals surface area contributed by atoms with Gasteiger partial charge in [-0.05, 0) is 73.4 Å². The first-order chi connectivity index (χ1) is 18.4. The van der Waals surface area contributed by atoms with Crippen molar-refractivity contribution >= 4 is 33.0 Å². The van der Waals surface area contributed by atoms with Crippen molar-refractivity contribution in [2.24, 2.45) is 5.73 Å². The molecular formula is C27H23N5O6S. The summed E-state index contributed by atoms with van der Waals surface area (Å²) in [7, 11) is -3.41. The molecule has 1 aliphatic rings. The Morgan fingerprint density at radius 1 is 1.05 bits per heavy atom. The summed E-state index contributed by atoms with van der Waals surface area (Å²) in [6.45, 7) is 1.74. The molecule has 0 bridgehead atoms. The highest BCUT2D eigenvalue weighted by molar-refractivity contribution is 7.90. The van der Waals surface area contributed by atoms with Crippen molar-refractivity contribution in [2.45, 2.75) is 24.7 Å². The summed E-state index contributed by atoms with van der Waals surface area (Å²) < 4.78 is 25.4. The van der Waals surface area contributed by atoms with Gasteiger partial charge in [0.1, 0.15) is 5.56 Å². The number of nitro groups is 1. The van der Waals surface area contributed by atoms with Gasteiger partial charge in [0.2, 0.25) is 0 Å². The molecule has 4 aromatic rings. The van der Waals surface area contributed by atoms with Crippen LogP contribution in [0.3, 0.4) is 0 Å². The standard InChI is InChI=1S/C27H23N5O6S/c1-15-3-12-23(32(35)36)22(13-15)27(34)29-17-6-4-16-5-11-20-24(26(28)33)30-31(25(20)21(16)14-17)18-7-9-19(10-8-18)39(2,37)38/h3-4,6-10,12-14H,5,11H2,1-2H3,(H2,28,33)(H,29,34). The predicted molar refractivity (Wildman–Crippen MR) is 144 cm³/mol. The van der Waals surface area contributed by atoms with Crippen LogP contribution in [0.5, 0.6) is 0 Å². The topological polar surface area (TPSA) is 167 Å². The van der Waals surface area contributed by atoms with E-state index in [0.29, 0.717) is 46.6 Å². The molecule has 0 spiro atoms. The van der Waals surface area contributed by atoms with Crippen LogP contribution in [-0.2, 0) is 22.7 Å². The van der Waals surface area contributed by atoms with Crippen molar-refractivity contribution in [3.63, 3.8) is 0 Å². The summed E-state index contributed by atoms with van der Waals surface area (Å²) >= 11 is 0.